The van der Waals surface area contributed by atoms with Crippen molar-refractivity contribution in [3.8, 4) is 6.07 Å². The van der Waals surface area contributed by atoms with Gasteiger partial charge in [0.15, 0.2) is 0 Å². The van der Waals surface area contributed by atoms with Crippen LogP contribution in [0, 0.1) is 11.3 Å². The summed E-state index contributed by atoms with van der Waals surface area (Å²) in [7, 11) is 0. The van der Waals surface area contributed by atoms with Crippen LogP contribution in [-0.4, -0.2) is 23.3 Å². The second-order valence-corrected chi connectivity index (χ2v) is 3.04. The fraction of sp³-hybridized carbons (Fsp3) is 0.857. The van der Waals surface area contributed by atoms with Crippen LogP contribution in [0.15, 0.2) is 0 Å². The smallest absolute Gasteiger partial charge is 0.0929 e. The van der Waals surface area contributed by atoms with Crippen molar-refractivity contribution in [1.82, 2.24) is 5.32 Å². The van der Waals surface area contributed by atoms with Gasteiger partial charge in [0, 0.05) is 5.54 Å². The molecule has 0 spiro atoms. The van der Waals surface area contributed by atoms with E-state index in [1.54, 1.807) is 6.92 Å². The molecule has 58 valence electrons. The molecule has 0 aromatic carbocycles. The predicted octanol–water partition coefficient (Wildman–Crippen LogP) is 0.259. The van der Waals surface area contributed by atoms with Crippen molar-refractivity contribution < 1.29 is 5.11 Å². The van der Waals surface area contributed by atoms with Gasteiger partial charge in [-0.1, -0.05) is 0 Å². The Morgan fingerprint density at radius 2 is 2.20 bits per heavy atom. The highest BCUT2D eigenvalue weighted by atomic mass is 16.3. The third-order valence-electron chi connectivity index (χ3n) is 1.20. The Kier molecular flexibility index (Phi) is 3.34. The summed E-state index contributed by atoms with van der Waals surface area (Å²) in [6.45, 7) is 5.50. The minimum atomic E-state index is -0.352. The van der Waals surface area contributed by atoms with Gasteiger partial charge in [0.2, 0.25) is 0 Å². The fourth-order valence-corrected chi connectivity index (χ4v) is 0.664. The van der Waals surface area contributed by atoms with Crippen molar-refractivity contribution in [2.75, 3.05) is 6.61 Å². The van der Waals surface area contributed by atoms with Crippen molar-refractivity contribution in [3.05, 3.63) is 0 Å². The van der Waals surface area contributed by atoms with Gasteiger partial charge >= 0.3 is 0 Å². The minimum Gasteiger partial charge on any atom is -0.394 e. The first-order valence-electron chi connectivity index (χ1n) is 3.30. The van der Waals surface area contributed by atoms with Crippen LogP contribution in [0.4, 0.5) is 0 Å². The molecular weight excluding hydrogens is 128 g/mol. The van der Waals surface area contributed by atoms with Gasteiger partial charge in [-0.2, -0.15) is 5.26 Å². The Balaban J connectivity index is 3.79. The zero-order valence-corrected chi connectivity index (χ0v) is 6.68. The summed E-state index contributed by atoms with van der Waals surface area (Å²) in [5.41, 5.74) is -0.352. The van der Waals surface area contributed by atoms with E-state index in [0.717, 1.165) is 0 Å². The number of rotatable bonds is 3. The SMILES string of the molecule is CC(C#N)NC(C)(C)CO. The van der Waals surface area contributed by atoms with Gasteiger partial charge < -0.3 is 5.11 Å². The van der Waals surface area contributed by atoms with Gasteiger partial charge in [-0.25, -0.2) is 0 Å². The largest absolute Gasteiger partial charge is 0.394 e. The molecule has 0 radical (unpaired) electrons. The van der Waals surface area contributed by atoms with E-state index in [4.69, 9.17) is 10.4 Å². The van der Waals surface area contributed by atoms with E-state index in [0.29, 0.717) is 0 Å². The molecule has 0 aromatic rings. The van der Waals surface area contributed by atoms with Gasteiger partial charge in [0.25, 0.3) is 0 Å². The summed E-state index contributed by atoms with van der Waals surface area (Å²) in [5.74, 6) is 0. The van der Waals surface area contributed by atoms with Gasteiger partial charge in [-0.3, -0.25) is 5.32 Å². The predicted molar refractivity (Wildman–Crippen MR) is 39.4 cm³/mol. The summed E-state index contributed by atoms with van der Waals surface area (Å²) in [5, 5.41) is 20.1. The van der Waals surface area contributed by atoms with E-state index in [1.807, 2.05) is 19.9 Å². The Hall–Kier alpha value is -0.590. The summed E-state index contributed by atoms with van der Waals surface area (Å²) < 4.78 is 0. The first kappa shape index (κ1) is 9.41. The van der Waals surface area contributed by atoms with E-state index in [1.165, 1.54) is 0 Å². The third kappa shape index (κ3) is 3.44. The third-order valence-corrected chi connectivity index (χ3v) is 1.20. The van der Waals surface area contributed by atoms with Gasteiger partial charge in [-0.05, 0) is 20.8 Å². The van der Waals surface area contributed by atoms with Crippen molar-refractivity contribution in [2.45, 2.75) is 32.4 Å². The molecule has 3 heteroatoms. The normalized spacial score (nSPS) is 14.3. The highest BCUT2D eigenvalue weighted by Crippen LogP contribution is 2.00. The molecule has 1 atom stereocenters. The molecule has 0 amide bonds. The summed E-state index contributed by atoms with van der Waals surface area (Å²) in [6, 6.07) is 1.83. The summed E-state index contributed by atoms with van der Waals surface area (Å²) in [6.07, 6.45) is 0. The van der Waals surface area contributed by atoms with Crippen LogP contribution in [0.3, 0.4) is 0 Å². The average Bonchev–Trinajstić information content (AvgIpc) is 1.87. The number of aliphatic hydroxyl groups is 1. The van der Waals surface area contributed by atoms with Gasteiger partial charge in [-0.15, -0.1) is 0 Å². The van der Waals surface area contributed by atoms with Crippen LogP contribution in [0.5, 0.6) is 0 Å². The molecule has 0 fully saturated rings. The number of hydrogen-bond acceptors (Lipinski definition) is 3. The molecule has 0 aliphatic rings. The van der Waals surface area contributed by atoms with Crippen LogP contribution < -0.4 is 5.32 Å². The Labute approximate surface area is 61.7 Å². The lowest BCUT2D eigenvalue weighted by atomic mass is 10.1. The number of hydrogen-bond donors (Lipinski definition) is 2. The van der Waals surface area contributed by atoms with E-state index in [2.05, 4.69) is 5.32 Å². The van der Waals surface area contributed by atoms with Crippen LogP contribution in [0.2, 0.25) is 0 Å². The minimum absolute atomic E-state index is 0.0407. The first-order chi connectivity index (χ1) is 4.52. The summed E-state index contributed by atoms with van der Waals surface area (Å²) in [4.78, 5) is 0. The van der Waals surface area contributed by atoms with Crippen molar-refractivity contribution in [1.29, 1.82) is 5.26 Å². The van der Waals surface area contributed by atoms with Crippen molar-refractivity contribution in [2.24, 2.45) is 0 Å². The monoisotopic (exact) mass is 142 g/mol. The van der Waals surface area contributed by atoms with E-state index < -0.39 is 0 Å². The standard InChI is InChI=1S/C7H14N2O/c1-6(4-8)9-7(2,3)5-10/h6,9-10H,5H2,1-3H3. The van der Waals surface area contributed by atoms with Crippen molar-refractivity contribution in [3.63, 3.8) is 0 Å². The molecule has 3 nitrogen and oxygen atoms in total. The molecule has 1 unspecified atom stereocenters. The first-order valence-corrected chi connectivity index (χ1v) is 3.30. The maximum absolute atomic E-state index is 8.77. The number of nitrogens with one attached hydrogen (secondary N) is 1. The lowest BCUT2D eigenvalue weighted by Crippen LogP contribution is -2.46. The lowest BCUT2D eigenvalue weighted by molar-refractivity contribution is 0.184. The molecular formula is C7H14N2O. The zero-order valence-electron chi connectivity index (χ0n) is 6.68. The highest BCUT2D eigenvalue weighted by molar-refractivity contribution is 4.91. The van der Waals surface area contributed by atoms with E-state index >= 15 is 0 Å². The molecule has 0 saturated carbocycles. The Bertz CT molecular complexity index is 137. The number of aliphatic hydroxyl groups excluding tert-OH is 1. The van der Waals surface area contributed by atoms with Gasteiger partial charge in [0.1, 0.15) is 0 Å². The number of nitriles is 1. The average molecular weight is 142 g/mol. The molecule has 0 aliphatic heterocycles. The van der Waals surface area contributed by atoms with E-state index in [-0.39, 0.29) is 18.2 Å². The molecule has 0 bridgehead atoms. The van der Waals surface area contributed by atoms with Crippen LogP contribution in [0.25, 0.3) is 0 Å². The van der Waals surface area contributed by atoms with Crippen molar-refractivity contribution >= 4 is 0 Å². The maximum Gasteiger partial charge on any atom is 0.0929 e. The number of nitrogens with zero attached hydrogens (tertiary/aromatic N) is 1. The Morgan fingerprint density at radius 3 is 2.50 bits per heavy atom. The molecule has 10 heavy (non-hydrogen) atoms. The van der Waals surface area contributed by atoms with Gasteiger partial charge in [0.05, 0.1) is 18.7 Å². The van der Waals surface area contributed by atoms with Crippen LogP contribution >= 0.6 is 0 Å². The second kappa shape index (κ2) is 3.55. The molecule has 0 saturated heterocycles. The Morgan fingerprint density at radius 1 is 1.70 bits per heavy atom. The molecule has 0 rings (SSSR count). The molecule has 0 aliphatic carbocycles. The second-order valence-electron chi connectivity index (χ2n) is 3.04. The van der Waals surface area contributed by atoms with Crippen LogP contribution in [-0.2, 0) is 0 Å². The zero-order chi connectivity index (χ0) is 8.20. The molecule has 0 aromatic heterocycles. The van der Waals surface area contributed by atoms with Crippen LogP contribution in [0.1, 0.15) is 20.8 Å². The lowest BCUT2D eigenvalue weighted by Gasteiger charge is -2.24. The molecule has 2 N–H and O–H groups in total. The van der Waals surface area contributed by atoms with E-state index in [9.17, 15) is 0 Å². The topological polar surface area (TPSA) is 56.0 Å². The fourth-order valence-electron chi connectivity index (χ4n) is 0.664. The summed E-state index contributed by atoms with van der Waals surface area (Å²) >= 11 is 0. The molecule has 0 heterocycles. The maximum atomic E-state index is 8.77. The highest BCUT2D eigenvalue weighted by Gasteiger charge is 2.17. The quantitative estimate of drug-likeness (QED) is 0.594.